The molecule has 2 aliphatic carbocycles. The molecule has 110 valence electrons. The summed E-state index contributed by atoms with van der Waals surface area (Å²) in [5.41, 5.74) is 10.5. The summed E-state index contributed by atoms with van der Waals surface area (Å²) in [6.45, 7) is 4.45. The Hall–Kier alpha value is -1.62. The van der Waals surface area contributed by atoms with E-state index in [2.05, 4.69) is 13.8 Å². The number of aromatic carboxylic acids is 1. The smallest absolute Gasteiger partial charge is 0.348 e. The summed E-state index contributed by atoms with van der Waals surface area (Å²) in [6, 6.07) is 0. The van der Waals surface area contributed by atoms with Crippen LogP contribution in [-0.4, -0.2) is 16.1 Å². The average molecular weight is 302 g/mol. The fraction of sp³-hybridized carbons (Fsp3) is 0.500. The molecule has 0 bridgehead atoms. The van der Waals surface area contributed by atoms with Crippen LogP contribution in [0.3, 0.4) is 0 Å². The van der Waals surface area contributed by atoms with Crippen molar-refractivity contribution in [3.63, 3.8) is 0 Å². The number of aromatic nitrogens is 1. The molecule has 0 aliphatic heterocycles. The van der Waals surface area contributed by atoms with Gasteiger partial charge in [-0.15, -0.1) is 11.3 Å². The Kier molecular flexibility index (Phi) is 2.47. The molecule has 0 saturated heterocycles. The summed E-state index contributed by atoms with van der Waals surface area (Å²) in [4.78, 5) is 17.2. The van der Waals surface area contributed by atoms with Gasteiger partial charge in [-0.05, 0) is 42.7 Å². The van der Waals surface area contributed by atoms with Gasteiger partial charge in [-0.2, -0.15) is 0 Å². The summed E-state index contributed by atoms with van der Waals surface area (Å²) in [5.74, 6) is -0.395. The van der Waals surface area contributed by atoms with Crippen LogP contribution in [0.5, 0.6) is 0 Å². The van der Waals surface area contributed by atoms with Crippen LogP contribution in [0.4, 0.5) is 5.69 Å². The lowest BCUT2D eigenvalue weighted by molar-refractivity contribution is 0.0703. The first-order chi connectivity index (χ1) is 9.90. The Labute approximate surface area is 127 Å². The predicted molar refractivity (Wildman–Crippen MR) is 84.3 cm³/mol. The van der Waals surface area contributed by atoms with E-state index in [0.29, 0.717) is 11.6 Å². The summed E-state index contributed by atoms with van der Waals surface area (Å²) < 4.78 is 0. The van der Waals surface area contributed by atoms with Gasteiger partial charge in [0.25, 0.3) is 0 Å². The molecular weight excluding hydrogens is 284 g/mol. The van der Waals surface area contributed by atoms with E-state index in [1.165, 1.54) is 35.3 Å². The Balaban J connectivity index is 2.11. The van der Waals surface area contributed by atoms with Gasteiger partial charge in [0.2, 0.25) is 0 Å². The molecule has 4 rings (SSSR count). The molecule has 2 aromatic rings. The second kappa shape index (κ2) is 3.97. The van der Waals surface area contributed by atoms with Gasteiger partial charge in [-0.1, -0.05) is 13.8 Å². The molecule has 0 radical (unpaired) electrons. The maximum absolute atomic E-state index is 11.4. The van der Waals surface area contributed by atoms with Crippen molar-refractivity contribution in [2.45, 2.75) is 50.9 Å². The summed E-state index contributed by atoms with van der Waals surface area (Å²) >= 11 is 1.22. The topological polar surface area (TPSA) is 76.2 Å². The van der Waals surface area contributed by atoms with Crippen LogP contribution in [0.25, 0.3) is 10.2 Å². The number of fused-ring (bicyclic) bond motifs is 2. The van der Waals surface area contributed by atoms with Gasteiger partial charge < -0.3 is 10.8 Å². The number of carboxylic acids is 1. The maximum Gasteiger partial charge on any atom is 0.348 e. The SMILES string of the molecule is CC1(C)CCc2c1nc1sc(C(=O)O)c(N)c1c2C1CC1. The second-order valence-electron chi connectivity index (χ2n) is 6.84. The van der Waals surface area contributed by atoms with E-state index in [1.54, 1.807) is 0 Å². The van der Waals surface area contributed by atoms with Crippen LogP contribution in [0.2, 0.25) is 0 Å². The Bertz CT molecular complexity index is 787. The van der Waals surface area contributed by atoms with E-state index < -0.39 is 5.97 Å². The zero-order valence-electron chi connectivity index (χ0n) is 12.2. The van der Waals surface area contributed by atoms with Crippen LogP contribution in [0, 0.1) is 0 Å². The zero-order chi connectivity index (χ0) is 14.9. The number of anilines is 1. The number of hydrogen-bond acceptors (Lipinski definition) is 4. The molecule has 0 amide bonds. The monoisotopic (exact) mass is 302 g/mol. The molecule has 21 heavy (non-hydrogen) atoms. The number of hydrogen-bond donors (Lipinski definition) is 2. The van der Waals surface area contributed by atoms with Crippen LogP contribution < -0.4 is 5.73 Å². The minimum absolute atomic E-state index is 0.0787. The highest BCUT2D eigenvalue weighted by atomic mass is 32.1. The molecule has 1 saturated carbocycles. The fourth-order valence-corrected chi connectivity index (χ4v) is 4.52. The first-order valence-corrected chi connectivity index (χ1v) is 8.20. The van der Waals surface area contributed by atoms with Crippen molar-refractivity contribution in [3.8, 4) is 0 Å². The van der Waals surface area contributed by atoms with Gasteiger partial charge in [-0.3, -0.25) is 0 Å². The minimum Gasteiger partial charge on any atom is -0.477 e. The number of nitrogens with zero attached hydrogens (tertiary/aromatic N) is 1. The number of pyridine rings is 1. The van der Waals surface area contributed by atoms with Gasteiger partial charge in [0.05, 0.1) is 11.4 Å². The Morgan fingerprint density at radius 2 is 2.14 bits per heavy atom. The average Bonchev–Trinajstić information content (AvgIpc) is 3.13. The molecule has 0 atom stereocenters. The van der Waals surface area contributed by atoms with E-state index in [0.717, 1.165) is 28.8 Å². The zero-order valence-corrected chi connectivity index (χ0v) is 13.0. The van der Waals surface area contributed by atoms with Gasteiger partial charge in [-0.25, -0.2) is 9.78 Å². The lowest BCUT2D eigenvalue weighted by Crippen LogP contribution is -2.14. The van der Waals surface area contributed by atoms with Gasteiger partial charge in [0, 0.05) is 10.8 Å². The molecule has 4 nitrogen and oxygen atoms in total. The molecule has 0 unspecified atom stereocenters. The molecule has 2 aliphatic rings. The van der Waals surface area contributed by atoms with E-state index in [1.807, 2.05) is 0 Å². The van der Waals surface area contributed by atoms with E-state index in [4.69, 9.17) is 10.7 Å². The standard InChI is InChI=1S/C16H18N2O2S/c1-16(2)6-5-8-9(7-3-4-7)10-11(17)12(15(19)20)21-14(10)18-13(8)16/h7H,3-6,17H2,1-2H3,(H,19,20). The van der Waals surface area contributed by atoms with Gasteiger partial charge in [0.1, 0.15) is 9.71 Å². The third kappa shape index (κ3) is 1.73. The van der Waals surface area contributed by atoms with Crippen molar-refractivity contribution in [2.24, 2.45) is 0 Å². The Morgan fingerprint density at radius 1 is 1.43 bits per heavy atom. The predicted octanol–water partition coefficient (Wildman–Crippen LogP) is 3.68. The summed E-state index contributed by atoms with van der Waals surface area (Å²) in [7, 11) is 0. The quantitative estimate of drug-likeness (QED) is 0.887. The Morgan fingerprint density at radius 3 is 2.76 bits per heavy atom. The van der Waals surface area contributed by atoms with Crippen LogP contribution in [0.15, 0.2) is 0 Å². The first kappa shape index (κ1) is 13.1. The number of carboxylic acid groups (broad SMARTS) is 1. The maximum atomic E-state index is 11.4. The van der Waals surface area contributed by atoms with Gasteiger partial charge in [0.15, 0.2) is 0 Å². The van der Waals surface area contributed by atoms with Crippen molar-refractivity contribution < 1.29 is 9.90 Å². The van der Waals surface area contributed by atoms with Crippen LogP contribution in [-0.2, 0) is 11.8 Å². The van der Waals surface area contributed by atoms with Crippen molar-refractivity contribution in [1.29, 1.82) is 0 Å². The molecule has 0 spiro atoms. The largest absolute Gasteiger partial charge is 0.477 e. The normalized spacial score (nSPS) is 19.9. The second-order valence-corrected chi connectivity index (χ2v) is 7.84. The summed E-state index contributed by atoms with van der Waals surface area (Å²) in [5, 5.41) is 10.3. The van der Waals surface area contributed by atoms with Crippen LogP contribution >= 0.6 is 11.3 Å². The lowest BCUT2D eigenvalue weighted by atomic mass is 9.89. The number of nitrogen functional groups attached to an aromatic ring is 1. The van der Waals surface area contributed by atoms with E-state index in [9.17, 15) is 9.90 Å². The molecule has 1 fully saturated rings. The highest BCUT2D eigenvalue weighted by Crippen LogP contribution is 2.52. The molecule has 2 heterocycles. The molecule has 5 heteroatoms. The molecule has 2 aromatic heterocycles. The van der Waals surface area contributed by atoms with Crippen molar-refractivity contribution >= 4 is 33.2 Å². The summed E-state index contributed by atoms with van der Waals surface area (Å²) in [6.07, 6.45) is 4.51. The third-order valence-corrected chi connectivity index (χ3v) is 5.93. The molecular formula is C16H18N2O2S. The van der Waals surface area contributed by atoms with E-state index in [-0.39, 0.29) is 10.3 Å². The number of thiophene rings is 1. The number of nitrogens with two attached hydrogens (primary N) is 1. The van der Waals surface area contributed by atoms with E-state index >= 15 is 0 Å². The third-order valence-electron chi connectivity index (χ3n) is 4.84. The highest BCUT2D eigenvalue weighted by Gasteiger charge is 2.39. The number of rotatable bonds is 2. The highest BCUT2D eigenvalue weighted by molar-refractivity contribution is 7.21. The minimum atomic E-state index is -0.948. The first-order valence-electron chi connectivity index (χ1n) is 7.38. The number of carbonyl (C=O) groups is 1. The van der Waals surface area contributed by atoms with Crippen LogP contribution in [0.1, 0.15) is 65.5 Å². The van der Waals surface area contributed by atoms with Gasteiger partial charge >= 0.3 is 5.97 Å². The van der Waals surface area contributed by atoms with Crippen molar-refractivity contribution in [1.82, 2.24) is 4.98 Å². The van der Waals surface area contributed by atoms with Crippen molar-refractivity contribution in [3.05, 3.63) is 21.7 Å². The molecule has 0 aromatic carbocycles. The molecule has 3 N–H and O–H groups in total. The van der Waals surface area contributed by atoms with Crippen molar-refractivity contribution in [2.75, 3.05) is 5.73 Å². The fourth-order valence-electron chi connectivity index (χ4n) is 3.57. The lowest BCUT2D eigenvalue weighted by Gasteiger charge is -2.18.